The Kier molecular flexibility index (Phi) is 7.55. The molecule has 3 heterocycles. The predicted molar refractivity (Wildman–Crippen MR) is 246 cm³/mol. The first-order valence-electron chi connectivity index (χ1n) is 19.3. The molecule has 58 heavy (non-hydrogen) atoms. The molecule has 0 amide bonds. The van der Waals surface area contributed by atoms with Crippen LogP contribution in [0.3, 0.4) is 0 Å². The van der Waals surface area contributed by atoms with Crippen molar-refractivity contribution in [2.75, 3.05) is 0 Å². The quantitative estimate of drug-likeness (QED) is 0.163. The lowest BCUT2D eigenvalue weighted by Gasteiger charge is -2.12. The van der Waals surface area contributed by atoms with E-state index in [0.29, 0.717) is 17.5 Å². The summed E-state index contributed by atoms with van der Waals surface area (Å²) in [5, 5.41) is 10.7. The summed E-state index contributed by atoms with van der Waals surface area (Å²) in [5.41, 5.74) is 7.24. The van der Waals surface area contributed by atoms with Crippen LogP contribution in [0.25, 0.3) is 119 Å². The number of thiophene rings is 1. The number of hydrogen-bond donors (Lipinski definition) is 0. The van der Waals surface area contributed by atoms with Crippen LogP contribution in [0.4, 0.5) is 0 Å². The van der Waals surface area contributed by atoms with E-state index in [1.165, 1.54) is 48.0 Å². The molecule has 0 aliphatic heterocycles. The van der Waals surface area contributed by atoms with Crippen molar-refractivity contribution >= 4 is 85.4 Å². The zero-order valence-electron chi connectivity index (χ0n) is 30.9. The SMILES string of the molecule is c1ccc(-c2nc(-c3ccc(-c4cc5ccccc5c5ccccc45)cc3)nc(-c3c4sc(-c5ccc6ccccc6c5)nc4cc4sc5ccccc5c34)n2)cc1. The number of benzene rings is 9. The van der Waals surface area contributed by atoms with Crippen LogP contribution in [0.1, 0.15) is 0 Å². The Balaban J connectivity index is 1.07. The third-order valence-electron chi connectivity index (χ3n) is 11.1. The van der Waals surface area contributed by atoms with Gasteiger partial charge in [-0.25, -0.2) is 19.9 Å². The summed E-state index contributed by atoms with van der Waals surface area (Å²) >= 11 is 3.49. The number of rotatable bonds is 5. The Labute approximate surface area is 341 Å². The van der Waals surface area contributed by atoms with E-state index in [9.17, 15) is 0 Å². The van der Waals surface area contributed by atoms with Gasteiger partial charge in [-0.1, -0.05) is 158 Å². The highest BCUT2D eigenvalue weighted by Gasteiger charge is 2.23. The number of hydrogen-bond acceptors (Lipinski definition) is 6. The van der Waals surface area contributed by atoms with E-state index in [1.807, 2.05) is 18.2 Å². The molecule has 0 saturated carbocycles. The van der Waals surface area contributed by atoms with Gasteiger partial charge in [0, 0.05) is 42.4 Å². The van der Waals surface area contributed by atoms with Crippen LogP contribution in [-0.2, 0) is 0 Å². The number of thiazole rings is 1. The second kappa shape index (κ2) is 13.2. The van der Waals surface area contributed by atoms with E-state index >= 15 is 0 Å². The molecule has 0 bridgehead atoms. The van der Waals surface area contributed by atoms with Crippen LogP contribution in [0.5, 0.6) is 0 Å². The minimum atomic E-state index is 0.628. The third kappa shape index (κ3) is 5.41. The van der Waals surface area contributed by atoms with Crippen LogP contribution >= 0.6 is 22.7 Å². The first-order chi connectivity index (χ1) is 28.7. The molecule has 0 aliphatic carbocycles. The molecule has 12 aromatic rings. The van der Waals surface area contributed by atoms with Gasteiger partial charge in [-0.15, -0.1) is 22.7 Å². The summed E-state index contributed by atoms with van der Waals surface area (Å²) in [7, 11) is 0. The normalized spacial score (nSPS) is 11.8. The molecular formula is C52H30N4S2. The van der Waals surface area contributed by atoms with Gasteiger partial charge in [-0.3, -0.25) is 0 Å². The molecular weight excluding hydrogens is 745 g/mol. The summed E-state index contributed by atoms with van der Waals surface area (Å²) in [6, 6.07) is 64.5. The van der Waals surface area contributed by atoms with Gasteiger partial charge < -0.3 is 0 Å². The maximum Gasteiger partial charge on any atom is 0.166 e. The third-order valence-corrected chi connectivity index (χ3v) is 13.4. The standard InChI is InChI=1S/C52H30N4S2/c1-2-13-33(14-3-1)49-54-50(34-25-23-32(24-26-34)42-29-36-16-6-7-17-38(36)39-18-8-9-19-40(39)42)56-51(55-49)47-46-41-20-10-11-21-44(41)57-45(46)30-43-48(47)58-52(53-43)37-27-22-31-12-4-5-15-35(31)28-37/h1-30H. The molecule has 0 radical (unpaired) electrons. The second-order valence-corrected chi connectivity index (χ2v) is 16.7. The van der Waals surface area contributed by atoms with Gasteiger partial charge in [0.1, 0.15) is 5.01 Å². The molecule has 3 aromatic heterocycles. The van der Waals surface area contributed by atoms with E-state index in [0.717, 1.165) is 53.1 Å². The lowest BCUT2D eigenvalue weighted by molar-refractivity contribution is 1.08. The van der Waals surface area contributed by atoms with Crippen LogP contribution in [-0.4, -0.2) is 19.9 Å². The number of aromatic nitrogens is 4. The topological polar surface area (TPSA) is 51.6 Å². The minimum absolute atomic E-state index is 0.628. The Morgan fingerprint density at radius 1 is 0.345 bits per heavy atom. The van der Waals surface area contributed by atoms with E-state index in [2.05, 4.69) is 164 Å². The molecule has 6 heteroatoms. The lowest BCUT2D eigenvalue weighted by Crippen LogP contribution is -2.00. The fourth-order valence-electron chi connectivity index (χ4n) is 8.35. The minimum Gasteiger partial charge on any atom is -0.236 e. The molecule has 0 unspecified atom stereocenters. The van der Waals surface area contributed by atoms with E-state index < -0.39 is 0 Å². The molecule has 0 aliphatic rings. The molecule has 270 valence electrons. The fourth-order valence-corrected chi connectivity index (χ4v) is 10.6. The second-order valence-electron chi connectivity index (χ2n) is 14.6. The van der Waals surface area contributed by atoms with E-state index in [1.54, 1.807) is 22.7 Å². The fraction of sp³-hybridized carbons (Fsp3) is 0. The van der Waals surface area contributed by atoms with Gasteiger partial charge in [0.15, 0.2) is 17.5 Å². The zero-order chi connectivity index (χ0) is 38.2. The molecule has 0 atom stereocenters. The monoisotopic (exact) mass is 774 g/mol. The molecule has 0 spiro atoms. The summed E-state index contributed by atoms with van der Waals surface area (Å²) in [4.78, 5) is 21.1. The maximum atomic E-state index is 5.36. The van der Waals surface area contributed by atoms with Crippen LogP contribution in [0, 0.1) is 0 Å². The van der Waals surface area contributed by atoms with Crippen molar-refractivity contribution in [2.24, 2.45) is 0 Å². The van der Waals surface area contributed by atoms with Crippen molar-refractivity contribution in [3.8, 4) is 55.9 Å². The van der Waals surface area contributed by atoms with Crippen LogP contribution in [0.2, 0.25) is 0 Å². The molecule has 0 N–H and O–H groups in total. The Bertz CT molecular complexity index is 3570. The van der Waals surface area contributed by atoms with Gasteiger partial charge in [0.2, 0.25) is 0 Å². The van der Waals surface area contributed by atoms with Gasteiger partial charge in [-0.2, -0.15) is 0 Å². The molecule has 0 fully saturated rings. The Morgan fingerprint density at radius 3 is 1.76 bits per heavy atom. The highest BCUT2D eigenvalue weighted by Crippen LogP contribution is 2.47. The molecule has 4 nitrogen and oxygen atoms in total. The number of fused-ring (bicyclic) bond motifs is 8. The summed E-state index contributed by atoms with van der Waals surface area (Å²) in [6.07, 6.45) is 0. The molecule has 12 rings (SSSR count). The Morgan fingerprint density at radius 2 is 0.948 bits per heavy atom. The summed E-state index contributed by atoms with van der Waals surface area (Å²) in [6.45, 7) is 0. The number of nitrogens with zero attached hydrogens (tertiary/aromatic N) is 4. The van der Waals surface area contributed by atoms with Crippen LogP contribution in [0.15, 0.2) is 182 Å². The van der Waals surface area contributed by atoms with Crippen molar-refractivity contribution < 1.29 is 0 Å². The highest BCUT2D eigenvalue weighted by molar-refractivity contribution is 7.26. The van der Waals surface area contributed by atoms with Crippen molar-refractivity contribution in [1.82, 2.24) is 19.9 Å². The van der Waals surface area contributed by atoms with E-state index in [-0.39, 0.29) is 0 Å². The average molecular weight is 775 g/mol. The van der Waals surface area contributed by atoms with E-state index in [4.69, 9.17) is 19.9 Å². The summed E-state index contributed by atoms with van der Waals surface area (Å²) < 4.78 is 3.45. The molecule has 0 saturated heterocycles. The highest BCUT2D eigenvalue weighted by atomic mass is 32.1. The zero-order valence-corrected chi connectivity index (χ0v) is 32.6. The van der Waals surface area contributed by atoms with Gasteiger partial charge in [0.05, 0.1) is 10.2 Å². The molecule has 9 aromatic carbocycles. The van der Waals surface area contributed by atoms with Gasteiger partial charge in [0.25, 0.3) is 0 Å². The van der Waals surface area contributed by atoms with Crippen molar-refractivity contribution in [3.63, 3.8) is 0 Å². The van der Waals surface area contributed by atoms with Crippen molar-refractivity contribution in [2.45, 2.75) is 0 Å². The van der Waals surface area contributed by atoms with Crippen LogP contribution < -0.4 is 0 Å². The van der Waals surface area contributed by atoms with Crippen molar-refractivity contribution in [3.05, 3.63) is 182 Å². The van der Waals surface area contributed by atoms with Gasteiger partial charge in [-0.05, 0) is 67.7 Å². The largest absolute Gasteiger partial charge is 0.236 e. The first-order valence-corrected chi connectivity index (χ1v) is 20.9. The smallest absolute Gasteiger partial charge is 0.166 e. The summed E-state index contributed by atoms with van der Waals surface area (Å²) in [5.74, 6) is 1.90. The first kappa shape index (κ1) is 33.1. The Hall–Kier alpha value is -7.12. The average Bonchev–Trinajstić information content (AvgIpc) is 3.89. The van der Waals surface area contributed by atoms with Crippen molar-refractivity contribution in [1.29, 1.82) is 0 Å². The lowest BCUT2D eigenvalue weighted by atomic mass is 9.93. The maximum absolute atomic E-state index is 5.36. The van der Waals surface area contributed by atoms with Gasteiger partial charge >= 0.3 is 0 Å². The predicted octanol–water partition coefficient (Wildman–Crippen LogP) is 14.6.